The van der Waals surface area contributed by atoms with E-state index in [0.717, 1.165) is 5.56 Å². The van der Waals surface area contributed by atoms with Crippen molar-refractivity contribution in [1.82, 2.24) is 0 Å². The second-order valence-corrected chi connectivity index (χ2v) is 7.80. The van der Waals surface area contributed by atoms with Crippen molar-refractivity contribution in [3.8, 4) is 0 Å². The lowest BCUT2D eigenvalue weighted by Gasteiger charge is -2.13. The fraction of sp³-hybridized carbons (Fsp3) is 0.455. The van der Waals surface area contributed by atoms with Crippen LogP contribution in [0.25, 0.3) is 0 Å². The SMILES string of the molecule is COP(=O)(CCOS(=O)(=O)c1ccc(C)cc1)OC. The van der Waals surface area contributed by atoms with Gasteiger partial charge < -0.3 is 9.05 Å². The standard InChI is InChI=1S/C11H17O6PS/c1-10-4-6-11(7-5-10)19(13,14)17-8-9-18(12,15-2)16-3/h4-7H,8-9H2,1-3H3. The van der Waals surface area contributed by atoms with Crippen LogP contribution in [0.15, 0.2) is 29.2 Å². The quantitative estimate of drug-likeness (QED) is 0.567. The van der Waals surface area contributed by atoms with E-state index in [1.807, 2.05) is 6.92 Å². The van der Waals surface area contributed by atoms with Gasteiger partial charge in [0.25, 0.3) is 10.1 Å². The first-order valence-corrected chi connectivity index (χ1v) is 8.63. The van der Waals surface area contributed by atoms with Crippen molar-refractivity contribution in [3.63, 3.8) is 0 Å². The Hall–Kier alpha value is -0.720. The highest BCUT2D eigenvalue weighted by atomic mass is 32.2. The normalized spacial score (nSPS) is 12.6. The third-order valence-corrected chi connectivity index (χ3v) is 5.64. The minimum Gasteiger partial charge on any atom is -0.312 e. The predicted octanol–water partition coefficient (Wildman–Crippen LogP) is 2.19. The Balaban J connectivity index is 2.66. The molecule has 0 fully saturated rings. The molecular formula is C11H17O6PS. The Morgan fingerprint density at radius 1 is 1.11 bits per heavy atom. The third-order valence-electron chi connectivity index (χ3n) is 2.47. The first-order chi connectivity index (χ1) is 8.83. The van der Waals surface area contributed by atoms with Gasteiger partial charge in [0.2, 0.25) is 0 Å². The van der Waals surface area contributed by atoms with Crippen molar-refractivity contribution in [1.29, 1.82) is 0 Å². The number of hydrogen-bond donors (Lipinski definition) is 0. The van der Waals surface area contributed by atoms with Crippen LogP contribution in [-0.2, 0) is 27.9 Å². The van der Waals surface area contributed by atoms with E-state index >= 15 is 0 Å². The van der Waals surface area contributed by atoms with Crippen LogP contribution in [0.5, 0.6) is 0 Å². The molecule has 0 amide bonds. The minimum atomic E-state index is -3.85. The molecule has 1 aromatic rings. The number of benzene rings is 1. The predicted molar refractivity (Wildman–Crippen MR) is 70.8 cm³/mol. The van der Waals surface area contributed by atoms with Crippen molar-refractivity contribution in [2.24, 2.45) is 0 Å². The van der Waals surface area contributed by atoms with Crippen molar-refractivity contribution in [2.45, 2.75) is 11.8 Å². The molecule has 0 aliphatic heterocycles. The number of hydrogen-bond acceptors (Lipinski definition) is 6. The summed E-state index contributed by atoms with van der Waals surface area (Å²) >= 11 is 0. The molecule has 0 radical (unpaired) electrons. The largest absolute Gasteiger partial charge is 0.332 e. The van der Waals surface area contributed by atoms with E-state index in [2.05, 4.69) is 9.05 Å². The van der Waals surface area contributed by atoms with E-state index in [0.29, 0.717) is 0 Å². The topological polar surface area (TPSA) is 78.9 Å². The zero-order valence-corrected chi connectivity index (χ0v) is 12.7. The average Bonchev–Trinajstić information content (AvgIpc) is 2.39. The van der Waals surface area contributed by atoms with E-state index in [4.69, 9.17) is 4.18 Å². The molecule has 0 saturated heterocycles. The van der Waals surface area contributed by atoms with Gasteiger partial charge >= 0.3 is 7.60 Å². The molecular weight excluding hydrogens is 291 g/mol. The van der Waals surface area contributed by atoms with Crippen LogP contribution < -0.4 is 0 Å². The van der Waals surface area contributed by atoms with E-state index in [1.165, 1.54) is 26.4 Å². The summed E-state index contributed by atoms with van der Waals surface area (Å²) in [5, 5.41) is 0. The molecule has 1 rings (SSSR count). The number of aryl methyl sites for hydroxylation is 1. The second-order valence-electron chi connectivity index (χ2n) is 3.79. The highest BCUT2D eigenvalue weighted by molar-refractivity contribution is 7.86. The smallest absolute Gasteiger partial charge is 0.312 e. The van der Waals surface area contributed by atoms with E-state index in [-0.39, 0.29) is 17.7 Å². The molecule has 0 unspecified atom stereocenters. The first kappa shape index (κ1) is 16.3. The summed E-state index contributed by atoms with van der Waals surface area (Å²) in [5.74, 6) is 0. The van der Waals surface area contributed by atoms with Crippen LogP contribution in [-0.4, -0.2) is 35.4 Å². The monoisotopic (exact) mass is 308 g/mol. The molecule has 0 N–H and O–H groups in total. The van der Waals surface area contributed by atoms with Crippen LogP contribution >= 0.6 is 7.60 Å². The van der Waals surface area contributed by atoms with Crippen molar-refractivity contribution in [2.75, 3.05) is 27.0 Å². The summed E-state index contributed by atoms with van der Waals surface area (Å²) in [4.78, 5) is 0.0581. The highest BCUT2D eigenvalue weighted by Crippen LogP contribution is 2.45. The van der Waals surface area contributed by atoms with Crippen LogP contribution in [0, 0.1) is 6.92 Å². The lowest BCUT2D eigenvalue weighted by Crippen LogP contribution is -2.11. The summed E-state index contributed by atoms with van der Waals surface area (Å²) in [6, 6.07) is 6.25. The van der Waals surface area contributed by atoms with Crippen LogP contribution in [0.2, 0.25) is 0 Å². The molecule has 19 heavy (non-hydrogen) atoms. The van der Waals surface area contributed by atoms with Crippen molar-refractivity contribution >= 4 is 17.7 Å². The van der Waals surface area contributed by atoms with E-state index in [1.54, 1.807) is 12.1 Å². The van der Waals surface area contributed by atoms with Crippen LogP contribution in [0.4, 0.5) is 0 Å². The van der Waals surface area contributed by atoms with Gasteiger partial charge in [-0.3, -0.25) is 8.75 Å². The molecule has 108 valence electrons. The molecule has 6 nitrogen and oxygen atoms in total. The molecule has 0 atom stereocenters. The van der Waals surface area contributed by atoms with Gasteiger partial charge in [0.05, 0.1) is 17.7 Å². The van der Waals surface area contributed by atoms with Gasteiger partial charge in [-0.25, -0.2) is 0 Å². The summed E-state index contributed by atoms with van der Waals surface area (Å²) in [5.41, 5.74) is 0.946. The van der Waals surface area contributed by atoms with Gasteiger partial charge in [0.15, 0.2) is 0 Å². The lowest BCUT2D eigenvalue weighted by atomic mass is 10.2. The van der Waals surface area contributed by atoms with E-state index < -0.39 is 17.7 Å². The summed E-state index contributed by atoms with van der Waals surface area (Å²) in [6.45, 7) is 1.58. The molecule has 0 aliphatic rings. The summed E-state index contributed by atoms with van der Waals surface area (Å²) in [7, 11) is -4.63. The maximum atomic E-state index is 11.8. The molecule has 0 aliphatic carbocycles. The summed E-state index contributed by atoms with van der Waals surface area (Å²) < 4.78 is 49.5. The second kappa shape index (κ2) is 6.63. The van der Waals surface area contributed by atoms with Gasteiger partial charge in [-0.1, -0.05) is 17.7 Å². The molecule has 0 saturated carbocycles. The van der Waals surface area contributed by atoms with Crippen molar-refractivity contribution in [3.05, 3.63) is 29.8 Å². The minimum absolute atomic E-state index is 0.0581. The molecule has 1 aromatic carbocycles. The Morgan fingerprint density at radius 3 is 2.11 bits per heavy atom. The van der Waals surface area contributed by atoms with Gasteiger partial charge in [-0.05, 0) is 19.1 Å². The first-order valence-electron chi connectivity index (χ1n) is 5.49. The molecule has 8 heteroatoms. The Bertz CT molecular complexity index is 543. The lowest BCUT2D eigenvalue weighted by molar-refractivity contribution is 0.262. The zero-order chi connectivity index (χ0) is 14.5. The Kier molecular flexibility index (Phi) is 5.70. The zero-order valence-electron chi connectivity index (χ0n) is 11.0. The average molecular weight is 308 g/mol. The fourth-order valence-electron chi connectivity index (χ4n) is 1.29. The van der Waals surface area contributed by atoms with Gasteiger partial charge in [-0.15, -0.1) is 0 Å². The van der Waals surface area contributed by atoms with E-state index in [9.17, 15) is 13.0 Å². The van der Waals surface area contributed by atoms with Crippen LogP contribution in [0.1, 0.15) is 5.56 Å². The highest BCUT2D eigenvalue weighted by Gasteiger charge is 2.23. The van der Waals surface area contributed by atoms with Gasteiger partial charge in [0, 0.05) is 14.2 Å². The van der Waals surface area contributed by atoms with Crippen molar-refractivity contribution < 1.29 is 26.2 Å². The summed E-state index contributed by atoms with van der Waals surface area (Å²) in [6.07, 6.45) is -0.134. The molecule has 0 bridgehead atoms. The van der Waals surface area contributed by atoms with Gasteiger partial charge in [-0.2, -0.15) is 8.42 Å². The van der Waals surface area contributed by atoms with Crippen LogP contribution in [0.3, 0.4) is 0 Å². The maximum absolute atomic E-state index is 11.8. The Labute approximate surface area is 113 Å². The molecule has 0 aromatic heterocycles. The Morgan fingerprint density at radius 2 is 1.63 bits per heavy atom. The maximum Gasteiger partial charge on any atom is 0.332 e. The molecule has 0 heterocycles. The third kappa shape index (κ3) is 4.71. The fourth-order valence-corrected chi connectivity index (χ4v) is 3.15. The van der Waals surface area contributed by atoms with Gasteiger partial charge in [0.1, 0.15) is 0 Å². The molecule has 0 spiro atoms. The number of rotatable bonds is 7.